The van der Waals surface area contributed by atoms with Crippen molar-refractivity contribution in [3.8, 4) is 0 Å². The minimum Gasteiger partial charge on any atom is -0.326 e. The first-order chi connectivity index (χ1) is 7.06. The number of rotatable bonds is 3. The second-order valence-corrected chi connectivity index (χ2v) is 3.82. The van der Waals surface area contributed by atoms with E-state index in [1.165, 1.54) is 5.57 Å². The van der Waals surface area contributed by atoms with E-state index in [-0.39, 0.29) is 5.78 Å². The molecular weight excluding hydrogens is 186 g/mol. The van der Waals surface area contributed by atoms with Gasteiger partial charge in [0, 0.05) is 12.1 Å². The number of ketones is 1. The van der Waals surface area contributed by atoms with Gasteiger partial charge in [0.25, 0.3) is 0 Å². The molecule has 0 radical (unpaired) electrons. The van der Waals surface area contributed by atoms with Crippen LogP contribution in [0.5, 0.6) is 0 Å². The number of hydrogen-bond acceptors (Lipinski definition) is 2. The molecule has 0 saturated heterocycles. The molecule has 0 aliphatic heterocycles. The fourth-order valence-corrected chi connectivity index (χ4v) is 1.52. The third kappa shape index (κ3) is 2.77. The standard InChI is InChI=1S/C13H17NO/c1-9(2)13(8-14)12-6-4-11(5-7-12)10(3)15/h4-7H,8,14H2,1-3H3. The molecule has 0 spiro atoms. The Bertz CT molecular complexity index is 384. The number of carbonyl (C=O) groups is 1. The quantitative estimate of drug-likeness (QED) is 0.767. The molecule has 1 aromatic carbocycles. The van der Waals surface area contributed by atoms with Crippen LogP contribution in [-0.4, -0.2) is 12.3 Å². The monoisotopic (exact) mass is 203 g/mol. The van der Waals surface area contributed by atoms with Crippen molar-refractivity contribution < 1.29 is 4.79 Å². The van der Waals surface area contributed by atoms with Crippen LogP contribution in [0.2, 0.25) is 0 Å². The summed E-state index contributed by atoms with van der Waals surface area (Å²) >= 11 is 0. The second-order valence-electron chi connectivity index (χ2n) is 3.82. The Morgan fingerprint density at radius 3 is 1.87 bits per heavy atom. The van der Waals surface area contributed by atoms with Gasteiger partial charge in [0.15, 0.2) is 5.78 Å². The van der Waals surface area contributed by atoms with E-state index in [1.807, 2.05) is 38.1 Å². The van der Waals surface area contributed by atoms with Crippen molar-refractivity contribution in [3.63, 3.8) is 0 Å². The summed E-state index contributed by atoms with van der Waals surface area (Å²) in [5, 5.41) is 0. The number of hydrogen-bond donors (Lipinski definition) is 1. The first-order valence-electron chi connectivity index (χ1n) is 5.04. The van der Waals surface area contributed by atoms with Crippen molar-refractivity contribution in [1.82, 2.24) is 0 Å². The molecule has 15 heavy (non-hydrogen) atoms. The van der Waals surface area contributed by atoms with E-state index in [9.17, 15) is 4.79 Å². The van der Waals surface area contributed by atoms with Gasteiger partial charge in [-0.3, -0.25) is 4.79 Å². The Kier molecular flexibility index (Phi) is 3.81. The van der Waals surface area contributed by atoms with Gasteiger partial charge in [0.05, 0.1) is 0 Å². The molecular formula is C13H17NO. The van der Waals surface area contributed by atoms with Gasteiger partial charge in [-0.25, -0.2) is 0 Å². The SMILES string of the molecule is CC(=O)c1ccc(C(CN)=C(C)C)cc1. The van der Waals surface area contributed by atoms with Gasteiger partial charge < -0.3 is 5.73 Å². The Balaban J connectivity index is 3.08. The van der Waals surface area contributed by atoms with Gasteiger partial charge >= 0.3 is 0 Å². The zero-order valence-corrected chi connectivity index (χ0v) is 9.50. The first-order valence-corrected chi connectivity index (χ1v) is 5.04. The lowest BCUT2D eigenvalue weighted by molar-refractivity contribution is 0.101. The van der Waals surface area contributed by atoms with Crippen LogP contribution in [-0.2, 0) is 0 Å². The number of nitrogens with two attached hydrogens (primary N) is 1. The van der Waals surface area contributed by atoms with Gasteiger partial charge in [-0.2, -0.15) is 0 Å². The van der Waals surface area contributed by atoms with Gasteiger partial charge in [-0.15, -0.1) is 0 Å². The molecule has 0 unspecified atom stereocenters. The minimum atomic E-state index is 0.0908. The van der Waals surface area contributed by atoms with Crippen LogP contribution in [0.3, 0.4) is 0 Å². The molecule has 2 nitrogen and oxygen atoms in total. The summed E-state index contributed by atoms with van der Waals surface area (Å²) in [5.74, 6) is 0.0908. The van der Waals surface area contributed by atoms with Crippen molar-refractivity contribution in [2.75, 3.05) is 6.54 Å². The van der Waals surface area contributed by atoms with Crippen LogP contribution >= 0.6 is 0 Å². The van der Waals surface area contributed by atoms with Crippen LogP contribution < -0.4 is 5.73 Å². The maximum absolute atomic E-state index is 11.1. The third-order valence-electron chi connectivity index (χ3n) is 2.45. The Labute approximate surface area is 90.8 Å². The number of allylic oxidation sites excluding steroid dienone is 1. The van der Waals surface area contributed by atoms with Gasteiger partial charge in [-0.1, -0.05) is 29.8 Å². The third-order valence-corrected chi connectivity index (χ3v) is 2.45. The van der Waals surface area contributed by atoms with Crippen LogP contribution in [0.4, 0.5) is 0 Å². The zero-order valence-electron chi connectivity index (χ0n) is 9.50. The predicted octanol–water partition coefficient (Wildman–Crippen LogP) is 2.64. The van der Waals surface area contributed by atoms with Crippen molar-refractivity contribution in [3.05, 3.63) is 41.0 Å². The van der Waals surface area contributed by atoms with Crippen LogP contribution in [0, 0.1) is 0 Å². The highest BCUT2D eigenvalue weighted by atomic mass is 16.1. The molecule has 0 saturated carbocycles. The molecule has 2 N–H and O–H groups in total. The Morgan fingerprint density at radius 1 is 1.07 bits per heavy atom. The molecule has 80 valence electrons. The molecule has 0 aromatic heterocycles. The van der Waals surface area contributed by atoms with Crippen molar-refractivity contribution in [1.29, 1.82) is 0 Å². The van der Waals surface area contributed by atoms with Gasteiger partial charge in [0.2, 0.25) is 0 Å². The lowest BCUT2D eigenvalue weighted by Crippen LogP contribution is -2.04. The summed E-state index contributed by atoms with van der Waals surface area (Å²) in [7, 11) is 0. The summed E-state index contributed by atoms with van der Waals surface area (Å²) < 4.78 is 0. The first kappa shape index (κ1) is 11.7. The van der Waals surface area contributed by atoms with E-state index < -0.39 is 0 Å². The lowest BCUT2D eigenvalue weighted by atomic mass is 9.99. The van der Waals surface area contributed by atoms with Crippen molar-refractivity contribution in [2.24, 2.45) is 5.73 Å². The number of Topliss-reactive ketones (excluding diaryl/α,β-unsaturated/α-hetero) is 1. The lowest BCUT2D eigenvalue weighted by Gasteiger charge is -2.08. The normalized spacial score (nSPS) is 9.87. The highest BCUT2D eigenvalue weighted by Crippen LogP contribution is 2.18. The molecule has 1 rings (SSSR count). The highest BCUT2D eigenvalue weighted by molar-refractivity contribution is 5.94. The van der Waals surface area contributed by atoms with E-state index in [0.29, 0.717) is 6.54 Å². The maximum atomic E-state index is 11.1. The van der Waals surface area contributed by atoms with E-state index in [0.717, 1.165) is 16.7 Å². The molecule has 0 aliphatic rings. The molecule has 0 bridgehead atoms. The predicted molar refractivity (Wildman–Crippen MR) is 63.8 cm³/mol. The average molecular weight is 203 g/mol. The topological polar surface area (TPSA) is 43.1 Å². The molecule has 0 fully saturated rings. The van der Waals surface area contributed by atoms with Gasteiger partial charge in [-0.05, 0) is 31.9 Å². The van der Waals surface area contributed by atoms with E-state index in [2.05, 4.69) is 0 Å². The van der Waals surface area contributed by atoms with Crippen molar-refractivity contribution in [2.45, 2.75) is 20.8 Å². The second kappa shape index (κ2) is 4.89. The summed E-state index contributed by atoms with van der Waals surface area (Å²) in [6.45, 7) is 6.18. The van der Waals surface area contributed by atoms with Crippen LogP contribution in [0.15, 0.2) is 29.8 Å². The molecule has 1 aromatic rings. The number of benzene rings is 1. The van der Waals surface area contributed by atoms with Gasteiger partial charge in [0.1, 0.15) is 0 Å². The Morgan fingerprint density at radius 2 is 1.53 bits per heavy atom. The summed E-state index contributed by atoms with van der Waals surface area (Å²) in [5.41, 5.74) is 9.88. The average Bonchev–Trinajstić information content (AvgIpc) is 2.19. The van der Waals surface area contributed by atoms with E-state index in [4.69, 9.17) is 5.73 Å². The smallest absolute Gasteiger partial charge is 0.159 e. The van der Waals surface area contributed by atoms with E-state index in [1.54, 1.807) is 6.92 Å². The molecule has 2 heteroatoms. The summed E-state index contributed by atoms with van der Waals surface area (Å²) in [4.78, 5) is 11.1. The number of carbonyl (C=O) groups excluding carboxylic acids is 1. The summed E-state index contributed by atoms with van der Waals surface area (Å²) in [6, 6.07) is 7.59. The maximum Gasteiger partial charge on any atom is 0.159 e. The molecule has 0 aliphatic carbocycles. The summed E-state index contributed by atoms with van der Waals surface area (Å²) in [6.07, 6.45) is 0. The van der Waals surface area contributed by atoms with Crippen molar-refractivity contribution >= 4 is 11.4 Å². The zero-order chi connectivity index (χ0) is 11.4. The molecule has 0 heterocycles. The Hall–Kier alpha value is -1.41. The molecule has 0 atom stereocenters. The molecule has 0 amide bonds. The highest BCUT2D eigenvalue weighted by Gasteiger charge is 2.03. The largest absolute Gasteiger partial charge is 0.326 e. The minimum absolute atomic E-state index is 0.0908. The fraction of sp³-hybridized carbons (Fsp3) is 0.308. The van der Waals surface area contributed by atoms with Crippen LogP contribution in [0.25, 0.3) is 5.57 Å². The fourth-order valence-electron chi connectivity index (χ4n) is 1.52. The van der Waals surface area contributed by atoms with E-state index >= 15 is 0 Å². The van der Waals surface area contributed by atoms with Crippen LogP contribution in [0.1, 0.15) is 36.7 Å².